The Bertz CT molecular complexity index is 592. The number of thiophene rings is 1. The van der Waals surface area contributed by atoms with Gasteiger partial charge in [0.2, 0.25) is 5.91 Å². The Hall–Kier alpha value is -1.65. The summed E-state index contributed by atoms with van der Waals surface area (Å²) in [6.45, 7) is 3.52. The molecule has 3 nitrogen and oxygen atoms in total. The van der Waals surface area contributed by atoms with Crippen LogP contribution in [0.5, 0.6) is 0 Å². The van der Waals surface area contributed by atoms with Crippen LogP contribution in [0.15, 0.2) is 41.8 Å². The second-order valence-corrected chi connectivity index (χ2v) is 6.54. The van der Waals surface area contributed by atoms with E-state index in [1.807, 2.05) is 31.2 Å². The van der Waals surface area contributed by atoms with Gasteiger partial charge in [-0.2, -0.15) is 0 Å². The Labute approximate surface area is 129 Å². The van der Waals surface area contributed by atoms with Gasteiger partial charge in [0.05, 0.1) is 6.54 Å². The van der Waals surface area contributed by atoms with Gasteiger partial charge in [-0.1, -0.05) is 23.8 Å². The molecule has 0 spiro atoms. The van der Waals surface area contributed by atoms with Crippen LogP contribution in [-0.2, 0) is 4.79 Å². The van der Waals surface area contributed by atoms with Crippen molar-refractivity contribution in [3.05, 3.63) is 52.2 Å². The number of benzene rings is 1. The predicted octanol–water partition coefficient (Wildman–Crippen LogP) is 3.83. The molecule has 4 heteroatoms. The molecule has 0 aliphatic carbocycles. The molecule has 1 aliphatic rings. The number of likely N-dealkylation sites (tertiary alicyclic amines) is 1. The molecule has 1 N–H and O–H groups in total. The number of hydrogen-bond donors (Lipinski definition) is 1. The van der Waals surface area contributed by atoms with Gasteiger partial charge in [-0.15, -0.1) is 11.3 Å². The van der Waals surface area contributed by atoms with E-state index in [1.54, 1.807) is 11.3 Å². The number of carbonyl (C=O) groups excluding carboxylic acids is 1. The molecule has 1 aromatic heterocycles. The Kier molecular flexibility index (Phi) is 4.36. The van der Waals surface area contributed by atoms with Gasteiger partial charge >= 0.3 is 0 Å². The first-order valence-corrected chi connectivity index (χ1v) is 8.24. The standard InChI is InChI=1S/C17H20N2OS/c1-13-6-8-14(9-7-13)18-17(20)12-19-10-2-4-15(19)16-5-3-11-21-16/h3,5-9,11,15H,2,4,10,12H2,1H3,(H,18,20)/t15-/m1/s1. The van der Waals surface area contributed by atoms with E-state index in [4.69, 9.17) is 0 Å². The lowest BCUT2D eigenvalue weighted by molar-refractivity contribution is -0.117. The summed E-state index contributed by atoms with van der Waals surface area (Å²) in [5.41, 5.74) is 2.07. The molecule has 1 fully saturated rings. The van der Waals surface area contributed by atoms with E-state index in [1.165, 1.54) is 16.9 Å². The number of hydrogen-bond acceptors (Lipinski definition) is 3. The molecule has 1 aliphatic heterocycles. The van der Waals surface area contributed by atoms with Crippen molar-refractivity contribution >= 4 is 22.9 Å². The van der Waals surface area contributed by atoms with Gasteiger partial charge in [0.1, 0.15) is 0 Å². The summed E-state index contributed by atoms with van der Waals surface area (Å²) in [5.74, 6) is 0.0716. The van der Waals surface area contributed by atoms with E-state index >= 15 is 0 Å². The van der Waals surface area contributed by atoms with E-state index in [0.29, 0.717) is 12.6 Å². The van der Waals surface area contributed by atoms with Crippen molar-refractivity contribution in [3.63, 3.8) is 0 Å². The molecule has 21 heavy (non-hydrogen) atoms. The Morgan fingerprint density at radius 3 is 2.86 bits per heavy atom. The average Bonchev–Trinajstić information content (AvgIpc) is 3.11. The van der Waals surface area contributed by atoms with Gasteiger partial charge in [-0.05, 0) is 49.9 Å². The highest BCUT2D eigenvalue weighted by Gasteiger charge is 2.28. The summed E-state index contributed by atoms with van der Waals surface area (Å²) in [6, 6.07) is 12.6. The Morgan fingerprint density at radius 2 is 2.14 bits per heavy atom. The van der Waals surface area contributed by atoms with Gasteiger partial charge in [0, 0.05) is 16.6 Å². The minimum atomic E-state index is 0.0716. The highest BCUT2D eigenvalue weighted by molar-refractivity contribution is 7.10. The smallest absolute Gasteiger partial charge is 0.238 e. The monoisotopic (exact) mass is 300 g/mol. The first-order chi connectivity index (χ1) is 10.2. The number of nitrogens with zero attached hydrogens (tertiary/aromatic N) is 1. The van der Waals surface area contributed by atoms with Crippen molar-refractivity contribution in [3.8, 4) is 0 Å². The lowest BCUT2D eigenvalue weighted by Crippen LogP contribution is -2.32. The normalized spacial score (nSPS) is 18.8. The summed E-state index contributed by atoms with van der Waals surface area (Å²) >= 11 is 1.78. The van der Waals surface area contributed by atoms with Crippen LogP contribution in [-0.4, -0.2) is 23.9 Å². The fraction of sp³-hybridized carbons (Fsp3) is 0.353. The Balaban J connectivity index is 1.60. The minimum absolute atomic E-state index is 0.0716. The lowest BCUT2D eigenvalue weighted by atomic mass is 10.2. The maximum absolute atomic E-state index is 12.2. The van der Waals surface area contributed by atoms with Crippen LogP contribution < -0.4 is 5.32 Å². The van der Waals surface area contributed by atoms with Crippen LogP contribution in [0.2, 0.25) is 0 Å². The number of anilines is 1. The van der Waals surface area contributed by atoms with Crippen molar-refractivity contribution in [1.82, 2.24) is 4.90 Å². The van der Waals surface area contributed by atoms with Crippen LogP contribution in [0.4, 0.5) is 5.69 Å². The molecule has 0 bridgehead atoms. The SMILES string of the molecule is Cc1ccc(NC(=O)CN2CCC[C@@H]2c2cccs2)cc1. The average molecular weight is 300 g/mol. The molecule has 1 saturated heterocycles. The minimum Gasteiger partial charge on any atom is -0.325 e. The fourth-order valence-electron chi connectivity index (χ4n) is 2.84. The highest BCUT2D eigenvalue weighted by Crippen LogP contribution is 2.34. The first-order valence-electron chi connectivity index (χ1n) is 7.36. The van der Waals surface area contributed by atoms with E-state index in [2.05, 4.69) is 27.7 Å². The van der Waals surface area contributed by atoms with Crippen molar-refractivity contribution in [2.75, 3.05) is 18.4 Å². The van der Waals surface area contributed by atoms with Gasteiger partial charge in [0.15, 0.2) is 0 Å². The second kappa shape index (κ2) is 6.41. The third-order valence-corrected chi connectivity index (χ3v) is 4.89. The molecule has 1 atom stereocenters. The van der Waals surface area contributed by atoms with Crippen molar-refractivity contribution in [2.45, 2.75) is 25.8 Å². The van der Waals surface area contributed by atoms with Crippen LogP contribution in [0, 0.1) is 6.92 Å². The van der Waals surface area contributed by atoms with Crippen molar-refractivity contribution in [1.29, 1.82) is 0 Å². The van der Waals surface area contributed by atoms with Crippen LogP contribution >= 0.6 is 11.3 Å². The molecular weight excluding hydrogens is 280 g/mol. The highest BCUT2D eigenvalue weighted by atomic mass is 32.1. The number of carbonyl (C=O) groups is 1. The zero-order valence-electron chi connectivity index (χ0n) is 12.2. The Morgan fingerprint density at radius 1 is 1.33 bits per heavy atom. The van der Waals surface area contributed by atoms with Gasteiger partial charge in [-0.25, -0.2) is 0 Å². The third-order valence-electron chi connectivity index (χ3n) is 3.92. The molecule has 2 aromatic rings. The molecule has 0 saturated carbocycles. The quantitative estimate of drug-likeness (QED) is 0.930. The maximum atomic E-state index is 12.2. The number of amides is 1. The topological polar surface area (TPSA) is 32.3 Å². The zero-order chi connectivity index (χ0) is 14.7. The first kappa shape index (κ1) is 14.3. The number of rotatable bonds is 4. The third kappa shape index (κ3) is 3.52. The van der Waals surface area contributed by atoms with E-state index < -0.39 is 0 Å². The molecule has 2 heterocycles. The molecule has 0 unspecified atom stereocenters. The van der Waals surface area contributed by atoms with Crippen molar-refractivity contribution in [2.24, 2.45) is 0 Å². The van der Waals surface area contributed by atoms with Crippen LogP contribution in [0.1, 0.15) is 29.3 Å². The molecule has 3 rings (SSSR count). The number of aryl methyl sites for hydroxylation is 1. The largest absolute Gasteiger partial charge is 0.325 e. The van der Waals surface area contributed by atoms with Crippen molar-refractivity contribution < 1.29 is 4.79 Å². The molecule has 0 radical (unpaired) electrons. The molecule has 110 valence electrons. The second-order valence-electron chi connectivity index (χ2n) is 5.56. The summed E-state index contributed by atoms with van der Waals surface area (Å²) in [4.78, 5) is 15.9. The van der Waals surface area contributed by atoms with E-state index in [-0.39, 0.29) is 5.91 Å². The predicted molar refractivity (Wildman–Crippen MR) is 87.7 cm³/mol. The summed E-state index contributed by atoms with van der Waals surface area (Å²) in [5, 5.41) is 5.09. The molecule has 1 aromatic carbocycles. The summed E-state index contributed by atoms with van der Waals surface area (Å²) < 4.78 is 0. The van der Waals surface area contributed by atoms with Gasteiger partial charge in [0.25, 0.3) is 0 Å². The van der Waals surface area contributed by atoms with Crippen LogP contribution in [0.25, 0.3) is 0 Å². The van der Waals surface area contributed by atoms with Crippen LogP contribution in [0.3, 0.4) is 0 Å². The summed E-state index contributed by atoms with van der Waals surface area (Å²) in [7, 11) is 0. The molecule has 1 amide bonds. The maximum Gasteiger partial charge on any atom is 0.238 e. The number of nitrogens with one attached hydrogen (secondary N) is 1. The lowest BCUT2D eigenvalue weighted by Gasteiger charge is -2.22. The van der Waals surface area contributed by atoms with Gasteiger partial charge < -0.3 is 5.32 Å². The fourth-order valence-corrected chi connectivity index (χ4v) is 3.74. The summed E-state index contributed by atoms with van der Waals surface area (Å²) in [6.07, 6.45) is 2.32. The zero-order valence-corrected chi connectivity index (χ0v) is 13.0. The molecular formula is C17H20N2OS. The van der Waals surface area contributed by atoms with E-state index in [9.17, 15) is 4.79 Å². The van der Waals surface area contributed by atoms with E-state index in [0.717, 1.165) is 18.7 Å². The van der Waals surface area contributed by atoms with Gasteiger partial charge in [-0.3, -0.25) is 9.69 Å².